The summed E-state index contributed by atoms with van der Waals surface area (Å²) in [5, 5.41) is 6.37. The average Bonchev–Trinajstić information content (AvgIpc) is 2.95. The van der Waals surface area contributed by atoms with Crippen molar-refractivity contribution in [3.8, 4) is 11.5 Å². The lowest BCUT2D eigenvalue weighted by molar-refractivity contribution is -0.176. The van der Waals surface area contributed by atoms with E-state index in [9.17, 15) is 13.2 Å². The summed E-state index contributed by atoms with van der Waals surface area (Å²) in [4.78, 5) is 4.20. The number of anilines is 1. The monoisotopic (exact) mass is 551 g/mol. The van der Waals surface area contributed by atoms with Crippen molar-refractivity contribution in [2.24, 2.45) is 4.99 Å². The lowest BCUT2D eigenvalue weighted by atomic mass is 10.1. The third kappa shape index (κ3) is 8.44. The van der Waals surface area contributed by atoms with E-state index in [0.717, 1.165) is 17.7 Å². The lowest BCUT2D eigenvalue weighted by Gasteiger charge is -2.14. The molecule has 2 N–H and O–H groups in total. The molecule has 0 aliphatic carbocycles. The summed E-state index contributed by atoms with van der Waals surface area (Å²) in [5.74, 6) is 1.94. The van der Waals surface area contributed by atoms with Gasteiger partial charge in [-0.05, 0) is 23.3 Å². The van der Waals surface area contributed by atoms with Crippen LogP contribution < -0.4 is 20.1 Å². The van der Waals surface area contributed by atoms with Crippen molar-refractivity contribution >= 4 is 35.6 Å². The van der Waals surface area contributed by atoms with Gasteiger partial charge in [0, 0.05) is 31.8 Å². The number of guanidine groups is 1. The third-order valence-electron chi connectivity index (χ3n) is 4.22. The highest BCUT2D eigenvalue weighted by atomic mass is 127. The fraction of sp³-hybridized carbons (Fsp3) is 0.381. The van der Waals surface area contributed by atoms with Crippen molar-refractivity contribution in [2.75, 3.05) is 32.2 Å². The highest BCUT2D eigenvalue weighted by Gasteiger charge is 2.27. The molecule has 0 saturated heterocycles. The van der Waals surface area contributed by atoms with Crippen LogP contribution in [0.2, 0.25) is 0 Å². The van der Waals surface area contributed by atoms with E-state index in [4.69, 9.17) is 14.2 Å². The predicted octanol–water partition coefficient (Wildman–Crippen LogP) is 4.73. The summed E-state index contributed by atoms with van der Waals surface area (Å²) in [6.45, 7) is 0.312. The molecule has 2 aromatic rings. The molecule has 1 aliphatic rings. The largest absolute Gasteiger partial charge is 0.490 e. The van der Waals surface area contributed by atoms with Crippen molar-refractivity contribution in [3.63, 3.8) is 0 Å². The quantitative estimate of drug-likeness (QED) is 0.309. The van der Waals surface area contributed by atoms with Gasteiger partial charge in [0.2, 0.25) is 0 Å². The van der Waals surface area contributed by atoms with Gasteiger partial charge in [-0.15, -0.1) is 24.0 Å². The number of nitrogens with zero attached hydrogens (tertiary/aromatic N) is 1. The van der Waals surface area contributed by atoms with Crippen molar-refractivity contribution in [2.45, 2.75) is 25.7 Å². The van der Waals surface area contributed by atoms with Gasteiger partial charge in [-0.1, -0.05) is 24.3 Å². The van der Waals surface area contributed by atoms with E-state index < -0.39 is 12.8 Å². The SMILES string of the molecule is CN=C(NCc1cccc(COCC(F)(F)F)c1)Nc1ccc2c(c1)OCCCO2.I. The Morgan fingerprint density at radius 3 is 2.55 bits per heavy atom. The molecular formula is C21H25F3IN3O3. The summed E-state index contributed by atoms with van der Waals surface area (Å²) >= 11 is 0. The molecular weight excluding hydrogens is 526 g/mol. The molecule has 1 aliphatic heterocycles. The van der Waals surface area contributed by atoms with Crippen LogP contribution in [0.4, 0.5) is 18.9 Å². The minimum atomic E-state index is -4.33. The Kier molecular flexibility index (Phi) is 9.69. The second-order valence-corrected chi connectivity index (χ2v) is 6.69. The number of ether oxygens (including phenoxy) is 3. The second kappa shape index (κ2) is 12.0. The van der Waals surface area contributed by atoms with Crippen LogP contribution in [-0.2, 0) is 17.9 Å². The summed E-state index contributed by atoms with van der Waals surface area (Å²) in [6.07, 6.45) is -3.49. The molecule has 0 radical (unpaired) electrons. The van der Waals surface area contributed by atoms with Crippen LogP contribution >= 0.6 is 24.0 Å². The minimum Gasteiger partial charge on any atom is -0.490 e. The van der Waals surface area contributed by atoms with E-state index in [1.54, 1.807) is 25.2 Å². The Morgan fingerprint density at radius 2 is 1.81 bits per heavy atom. The number of aliphatic imine (C=N–C) groups is 1. The van der Waals surface area contributed by atoms with Crippen molar-refractivity contribution in [3.05, 3.63) is 53.6 Å². The van der Waals surface area contributed by atoms with Gasteiger partial charge in [0.05, 0.1) is 19.8 Å². The highest BCUT2D eigenvalue weighted by molar-refractivity contribution is 14.0. The average molecular weight is 551 g/mol. The maximum Gasteiger partial charge on any atom is 0.411 e. The highest BCUT2D eigenvalue weighted by Crippen LogP contribution is 2.32. The molecule has 3 rings (SSSR count). The zero-order valence-corrected chi connectivity index (χ0v) is 19.3. The normalized spacial score (nSPS) is 13.7. The molecule has 0 unspecified atom stereocenters. The van der Waals surface area contributed by atoms with Gasteiger partial charge in [-0.3, -0.25) is 4.99 Å². The lowest BCUT2D eigenvalue weighted by Crippen LogP contribution is -2.30. The van der Waals surface area contributed by atoms with E-state index >= 15 is 0 Å². The summed E-state index contributed by atoms with van der Waals surface area (Å²) in [7, 11) is 1.65. The molecule has 0 bridgehead atoms. The van der Waals surface area contributed by atoms with Crippen molar-refractivity contribution in [1.82, 2.24) is 5.32 Å². The molecule has 2 aromatic carbocycles. The molecule has 0 atom stereocenters. The molecule has 170 valence electrons. The van der Waals surface area contributed by atoms with Crippen LogP contribution in [0.5, 0.6) is 11.5 Å². The first-order valence-electron chi connectivity index (χ1n) is 9.52. The topological polar surface area (TPSA) is 64.1 Å². The van der Waals surface area contributed by atoms with Crippen LogP contribution in [-0.4, -0.2) is 39.0 Å². The van der Waals surface area contributed by atoms with Gasteiger partial charge in [0.25, 0.3) is 0 Å². The first-order chi connectivity index (χ1) is 14.4. The number of halogens is 4. The van der Waals surface area contributed by atoms with E-state index in [1.807, 2.05) is 24.3 Å². The van der Waals surface area contributed by atoms with Crippen LogP contribution in [0.1, 0.15) is 17.5 Å². The van der Waals surface area contributed by atoms with Crippen LogP contribution in [0.15, 0.2) is 47.5 Å². The molecule has 0 spiro atoms. The molecule has 0 fully saturated rings. The van der Waals surface area contributed by atoms with Crippen molar-refractivity contribution < 1.29 is 27.4 Å². The standard InChI is InChI=1S/C21H24F3N3O3.HI/c1-25-20(27-17-6-7-18-19(11-17)30-9-3-8-29-18)26-12-15-4-2-5-16(10-15)13-28-14-21(22,23)24;/h2,4-7,10-11H,3,8-9,12-14H2,1H3,(H2,25,26,27);1H. The van der Waals surface area contributed by atoms with Gasteiger partial charge < -0.3 is 24.8 Å². The van der Waals surface area contributed by atoms with Gasteiger partial charge in [0.15, 0.2) is 17.5 Å². The van der Waals surface area contributed by atoms with Gasteiger partial charge in [0.1, 0.15) is 6.61 Å². The Morgan fingerprint density at radius 1 is 1.06 bits per heavy atom. The van der Waals surface area contributed by atoms with E-state index in [2.05, 4.69) is 15.6 Å². The van der Waals surface area contributed by atoms with Crippen LogP contribution in [0, 0.1) is 0 Å². The number of alkyl halides is 3. The number of rotatable bonds is 6. The minimum absolute atomic E-state index is 0. The Bertz CT molecular complexity index is 878. The molecule has 0 saturated carbocycles. The number of hydrogen-bond donors (Lipinski definition) is 2. The smallest absolute Gasteiger partial charge is 0.411 e. The zero-order chi connectivity index (χ0) is 21.4. The maximum absolute atomic E-state index is 12.2. The Hall–Kier alpha value is -2.21. The maximum atomic E-state index is 12.2. The molecule has 6 nitrogen and oxygen atoms in total. The third-order valence-corrected chi connectivity index (χ3v) is 4.22. The van der Waals surface area contributed by atoms with E-state index in [0.29, 0.717) is 42.8 Å². The van der Waals surface area contributed by atoms with Gasteiger partial charge in [-0.2, -0.15) is 13.2 Å². The first kappa shape index (κ1) is 25.1. The zero-order valence-electron chi connectivity index (χ0n) is 17.0. The molecule has 0 aromatic heterocycles. The second-order valence-electron chi connectivity index (χ2n) is 6.69. The predicted molar refractivity (Wildman–Crippen MR) is 123 cm³/mol. The van der Waals surface area contributed by atoms with E-state index in [1.165, 1.54) is 0 Å². The number of fused-ring (bicyclic) bond motifs is 1. The first-order valence-corrected chi connectivity index (χ1v) is 9.52. The van der Waals surface area contributed by atoms with E-state index in [-0.39, 0.29) is 30.6 Å². The number of benzene rings is 2. The molecule has 10 heteroatoms. The Balaban J connectivity index is 0.00000341. The van der Waals surface area contributed by atoms with Crippen molar-refractivity contribution in [1.29, 1.82) is 0 Å². The summed E-state index contributed by atoms with van der Waals surface area (Å²) < 4.78 is 52.7. The molecule has 1 heterocycles. The Labute approximate surface area is 196 Å². The fourth-order valence-electron chi connectivity index (χ4n) is 2.86. The van der Waals surface area contributed by atoms with Crippen LogP contribution in [0.3, 0.4) is 0 Å². The van der Waals surface area contributed by atoms with Gasteiger partial charge >= 0.3 is 6.18 Å². The molecule has 0 amide bonds. The van der Waals surface area contributed by atoms with Crippen LogP contribution in [0.25, 0.3) is 0 Å². The summed E-state index contributed by atoms with van der Waals surface area (Å²) in [5.41, 5.74) is 2.36. The molecule has 31 heavy (non-hydrogen) atoms. The van der Waals surface area contributed by atoms with Gasteiger partial charge in [-0.25, -0.2) is 0 Å². The number of nitrogens with one attached hydrogen (secondary N) is 2. The summed E-state index contributed by atoms with van der Waals surface area (Å²) in [6, 6.07) is 12.8. The fourth-order valence-corrected chi connectivity index (χ4v) is 2.86. The number of hydrogen-bond acceptors (Lipinski definition) is 4.